The number of para-hydroxylation sites is 1. The van der Waals surface area contributed by atoms with Crippen molar-refractivity contribution in [3.63, 3.8) is 0 Å². The van der Waals surface area contributed by atoms with Crippen molar-refractivity contribution in [2.45, 2.75) is 6.54 Å². The van der Waals surface area contributed by atoms with E-state index in [1.54, 1.807) is 6.07 Å². The van der Waals surface area contributed by atoms with Crippen molar-refractivity contribution in [3.05, 3.63) is 95.2 Å². The van der Waals surface area contributed by atoms with Gasteiger partial charge in [-0.15, -0.1) is 0 Å². The molecule has 0 fully saturated rings. The number of nitrogens with one attached hydrogen (secondary N) is 1. The molecule has 0 aliphatic rings. The average Bonchev–Trinajstić information content (AvgIpc) is 2.72. The lowest BCUT2D eigenvalue weighted by atomic mass is 10.1. The van der Waals surface area contributed by atoms with E-state index in [1.165, 1.54) is 28.8 Å². The first-order valence-electron chi connectivity index (χ1n) is 8.72. The predicted molar refractivity (Wildman–Crippen MR) is 106 cm³/mol. The molecule has 0 aliphatic heterocycles. The van der Waals surface area contributed by atoms with Crippen LogP contribution in [0, 0.1) is 5.82 Å². The number of amides is 1. The molecule has 4 rings (SSSR count). The number of benzene rings is 3. The molecule has 0 spiro atoms. The molecule has 1 aromatic heterocycles. The van der Waals surface area contributed by atoms with Crippen LogP contribution in [0.15, 0.2) is 83.7 Å². The van der Waals surface area contributed by atoms with Crippen molar-refractivity contribution < 1.29 is 9.18 Å². The fraction of sp³-hybridized carbons (Fsp3) is 0.0455. The summed E-state index contributed by atoms with van der Waals surface area (Å²) < 4.78 is 14.3. The van der Waals surface area contributed by atoms with Crippen molar-refractivity contribution in [2.24, 2.45) is 0 Å². The second-order valence-corrected chi connectivity index (χ2v) is 6.27. The largest absolute Gasteiger partial charge is 0.349 e. The van der Waals surface area contributed by atoms with E-state index in [1.807, 2.05) is 48.5 Å². The van der Waals surface area contributed by atoms with Gasteiger partial charge in [-0.2, -0.15) is 4.98 Å². The minimum absolute atomic E-state index is 0.196. The summed E-state index contributed by atoms with van der Waals surface area (Å²) in [5, 5.41) is 3.44. The highest BCUT2D eigenvalue weighted by Crippen LogP contribution is 2.25. The number of anilines is 1. The molecule has 3 aromatic carbocycles. The number of nitrogens with zero attached hydrogens (tertiary/aromatic N) is 2. The van der Waals surface area contributed by atoms with Gasteiger partial charge < -0.3 is 5.32 Å². The second kappa shape index (κ2) is 7.44. The Morgan fingerprint density at radius 1 is 0.929 bits per heavy atom. The van der Waals surface area contributed by atoms with Crippen molar-refractivity contribution >= 4 is 22.5 Å². The molecule has 0 aliphatic carbocycles. The van der Waals surface area contributed by atoms with E-state index in [0.29, 0.717) is 16.9 Å². The summed E-state index contributed by atoms with van der Waals surface area (Å²) in [6.07, 6.45) is 0. The van der Waals surface area contributed by atoms with E-state index in [2.05, 4.69) is 10.3 Å². The molecule has 0 saturated carbocycles. The number of aromatic nitrogens is 2. The van der Waals surface area contributed by atoms with Crippen molar-refractivity contribution in [1.29, 1.82) is 0 Å². The third-order valence-electron chi connectivity index (χ3n) is 4.37. The zero-order valence-corrected chi connectivity index (χ0v) is 14.8. The smallest absolute Gasteiger partial charge is 0.325 e. The van der Waals surface area contributed by atoms with Crippen LogP contribution in [0.1, 0.15) is 0 Å². The number of rotatable bonds is 4. The van der Waals surface area contributed by atoms with Gasteiger partial charge >= 0.3 is 5.69 Å². The quantitative estimate of drug-likeness (QED) is 0.591. The lowest BCUT2D eigenvalue weighted by Crippen LogP contribution is -2.30. The first-order chi connectivity index (χ1) is 13.6. The molecule has 0 saturated heterocycles. The van der Waals surface area contributed by atoms with E-state index >= 15 is 0 Å². The van der Waals surface area contributed by atoms with Gasteiger partial charge in [-0.3, -0.25) is 9.36 Å². The van der Waals surface area contributed by atoms with Crippen LogP contribution in [-0.4, -0.2) is 15.5 Å². The van der Waals surface area contributed by atoms with Crippen molar-refractivity contribution in [3.8, 4) is 11.3 Å². The number of carbonyl (C=O) groups is 1. The fourth-order valence-electron chi connectivity index (χ4n) is 3.07. The summed E-state index contributed by atoms with van der Waals surface area (Å²) in [5.74, 6) is -0.783. The maximum Gasteiger partial charge on any atom is 0.349 e. The number of carbonyl (C=O) groups excluding carboxylic acids is 1. The highest BCUT2D eigenvalue weighted by Gasteiger charge is 2.14. The molecule has 138 valence electrons. The Labute approximate surface area is 160 Å². The predicted octanol–water partition coefficient (Wildman–Crippen LogP) is 3.84. The maximum absolute atomic E-state index is 13.0. The van der Waals surface area contributed by atoms with Gasteiger partial charge in [0.15, 0.2) is 0 Å². The van der Waals surface area contributed by atoms with Gasteiger partial charge in [-0.05, 0) is 30.3 Å². The average molecular weight is 373 g/mol. The summed E-state index contributed by atoms with van der Waals surface area (Å²) in [6, 6.07) is 22.2. The highest BCUT2D eigenvalue weighted by atomic mass is 19.1. The molecule has 1 N–H and O–H groups in total. The normalized spacial score (nSPS) is 10.8. The van der Waals surface area contributed by atoms with Gasteiger partial charge in [-0.1, -0.05) is 48.5 Å². The third-order valence-corrected chi connectivity index (χ3v) is 4.37. The zero-order valence-electron chi connectivity index (χ0n) is 14.8. The zero-order chi connectivity index (χ0) is 19.5. The molecule has 1 heterocycles. The van der Waals surface area contributed by atoms with Crippen LogP contribution in [0.4, 0.5) is 10.1 Å². The molecule has 6 heteroatoms. The first-order valence-corrected chi connectivity index (χ1v) is 8.72. The number of halogens is 1. The summed E-state index contributed by atoms with van der Waals surface area (Å²) >= 11 is 0. The molecule has 1 amide bonds. The number of hydrogen-bond acceptors (Lipinski definition) is 3. The van der Waals surface area contributed by atoms with Crippen LogP contribution in [0.25, 0.3) is 22.2 Å². The lowest BCUT2D eigenvalue weighted by molar-refractivity contribution is -0.116. The second-order valence-electron chi connectivity index (χ2n) is 6.27. The molecule has 0 bridgehead atoms. The van der Waals surface area contributed by atoms with Crippen molar-refractivity contribution in [2.75, 3.05) is 5.32 Å². The van der Waals surface area contributed by atoms with Gasteiger partial charge in [0, 0.05) is 16.6 Å². The Bertz CT molecular complexity index is 1200. The van der Waals surface area contributed by atoms with E-state index in [9.17, 15) is 14.0 Å². The molecule has 0 atom stereocenters. The molecular formula is C22H16FN3O2. The van der Waals surface area contributed by atoms with E-state index < -0.39 is 11.6 Å². The molecule has 4 aromatic rings. The van der Waals surface area contributed by atoms with Crippen LogP contribution in [0.5, 0.6) is 0 Å². The Hall–Kier alpha value is -3.80. The number of fused-ring (bicyclic) bond motifs is 1. The molecule has 28 heavy (non-hydrogen) atoms. The fourth-order valence-corrected chi connectivity index (χ4v) is 3.07. The van der Waals surface area contributed by atoms with Crippen molar-refractivity contribution in [1.82, 2.24) is 9.55 Å². The third kappa shape index (κ3) is 3.53. The summed E-state index contributed by atoms with van der Waals surface area (Å²) in [7, 11) is 0. The number of hydrogen-bond donors (Lipinski definition) is 1. The Morgan fingerprint density at radius 3 is 2.36 bits per heavy atom. The molecule has 0 radical (unpaired) electrons. The monoisotopic (exact) mass is 373 g/mol. The highest BCUT2D eigenvalue weighted by molar-refractivity contribution is 5.95. The molecule has 0 unspecified atom stereocenters. The van der Waals surface area contributed by atoms with Crippen LogP contribution >= 0.6 is 0 Å². The minimum Gasteiger partial charge on any atom is -0.325 e. The van der Waals surface area contributed by atoms with E-state index in [-0.39, 0.29) is 12.4 Å². The van der Waals surface area contributed by atoms with Gasteiger partial charge in [0.1, 0.15) is 12.4 Å². The van der Waals surface area contributed by atoms with Crippen LogP contribution < -0.4 is 11.0 Å². The van der Waals surface area contributed by atoms with Gasteiger partial charge in [-0.25, -0.2) is 9.18 Å². The Kier molecular flexibility index (Phi) is 4.68. The Balaban J connectivity index is 1.72. The SMILES string of the molecule is O=C(Cn1c(=O)nc(-c2ccccc2)c2ccccc21)Nc1ccc(F)cc1. The van der Waals surface area contributed by atoms with Crippen LogP contribution in [-0.2, 0) is 11.3 Å². The lowest BCUT2D eigenvalue weighted by Gasteiger charge is -2.13. The molecular weight excluding hydrogens is 357 g/mol. The standard InChI is InChI=1S/C22H16FN3O2/c23-16-10-12-17(13-11-16)24-20(27)14-26-19-9-5-4-8-18(19)21(25-22(26)28)15-6-2-1-3-7-15/h1-13H,14H2,(H,24,27). The minimum atomic E-state index is -0.508. The van der Waals surface area contributed by atoms with E-state index in [4.69, 9.17) is 0 Å². The first kappa shape index (κ1) is 17.6. The van der Waals surface area contributed by atoms with Gasteiger partial charge in [0.25, 0.3) is 0 Å². The van der Waals surface area contributed by atoms with Crippen LogP contribution in [0.2, 0.25) is 0 Å². The van der Waals surface area contributed by atoms with Gasteiger partial charge in [0.2, 0.25) is 5.91 Å². The maximum atomic E-state index is 13.0. The molecule has 5 nitrogen and oxygen atoms in total. The summed E-state index contributed by atoms with van der Waals surface area (Å²) in [6.45, 7) is -0.196. The van der Waals surface area contributed by atoms with Gasteiger partial charge in [0.05, 0.1) is 11.2 Å². The summed E-state index contributed by atoms with van der Waals surface area (Å²) in [5.41, 5.74) is 1.98. The Morgan fingerprint density at radius 2 is 1.61 bits per heavy atom. The van der Waals surface area contributed by atoms with Crippen LogP contribution in [0.3, 0.4) is 0 Å². The topological polar surface area (TPSA) is 64.0 Å². The van der Waals surface area contributed by atoms with E-state index in [0.717, 1.165) is 10.9 Å². The summed E-state index contributed by atoms with van der Waals surface area (Å²) in [4.78, 5) is 29.3.